The SMILES string of the molecule is CC(NCC(C)C1CC1)c1ccc(OC(F)F)cc1. The van der Waals surface area contributed by atoms with Crippen molar-refractivity contribution in [1.82, 2.24) is 5.32 Å². The molecule has 1 aliphatic carbocycles. The molecule has 2 nitrogen and oxygen atoms in total. The van der Waals surface area contributed by atoms with E-state index in [0.29, 0.717) is 5.92 Å². The van der Waals surface area contributed by atoms with Crippen molar-refractivity contribution < 1.29 is 13.5 Å². The van der Waals surface area contributed by atoms with E-state index in [2.05, 4.69) is 23.9 Å². The normalized spacial score (nSPS) is 18.4. The third-order valence-electron chi connectivity index (χ3n) is 3.78. The summed E-state index contributed by atoms with van der Waals surface area (Å²) in [4.78, 5) is 0. The molecule has 2 rings (SSSR count). The van der Waals surface area contributed by atoms with E-state index in [4.69, 9.17) is 0 Å². The van der Waals surface area contributed by atoms with E-state index in [1.165, 1.54) is 12.8 Å². The van der Waals surface area contributed by atoms with Gasteiger partial charge in [0.25, 0.3) is 0 Å². The lowest BCUT2D eigenvalue weighted by Gasteiger charge is -2.18. The number of hydrogen-bond donors (Lipinski definition) is 1. The van der Waals surface area contributed by atoms with Crippen LogP contribution in [0.4, 0.5) is 8.78 Å². The molecule has 106 valence electrons. The zero-order valence-corrected chi connectivity index (χ0v) is 11.4. The van der Waals surface area contributed by atoms with Gasteiger partial charge in [-0.1, -0.05) is 19.1 Å². The maximum absolute atomic E-state index is 12.0. The van der Waals surface area contributed by atoms with Crippen LogP contribution >= 0.6 is 0 Å². The Morgan fingerprint density at radius 3 is 2.37 bits per heavy atom. The highest BCUT2D eigenvalue weighted by Gasteiger charge is 2.27. The molecule has 0 heterocycles. The lowest BCUT2D eigenvalue weighted by atomic mass is 10.0. The number of halogens is 2. The summed E-state index contributed by atoms with van der Waals surface area (Å²) in [5.41, 5.74) is 1.09. The molecule has 0 amide bonds. The van der Waals surface area contributed by atoms with Crippen molar-refractivity contribution in [2.45, 2.75) is 39.3 Å². The van der Waals surface area contributed by atoms with Gasteiger partial charge in [0.1, 0.15) is 5.75 Å². The van der Waals surface area contributed by atoms with Crippen molar-refractivity contribution in [3.63, 3.8) is 0 Å². The summed E-state index contributed by atoms with van der Waals surface area (Å²) in [7, 11) is 0. The lowest BCUT2D eigenvalue weighted by Crippen LogP contribution is -2.25. The third kappa shape index (κ3) is 4.46. The molecule has 0 bridgehead atoms. The Morgan fingerprint density at radius 2 is 1.84 bits per heavy atom. The number of hydrogen-bond acceptors (Lipinski definition) is 2. The Balaban J connectivity index is 1.82. The number of ether oxygens (including phenoxy) is 1. The summed E-state index contributed by atoms with van der Waals surface area (Å²) in [5.74, 6) is 1.81. The largest absolute Gasteiger partial charge is 0.435 e. The van der Waals surface area contributed by atoms with Crippen LogP contribution in [0.15, 0.2) is 24.3 Å². The second-order valence-electron chi connectivity index (χ2n) is 5.39. The fraction of sp³-hybridized carbons (Fsp3) is 0.600. The van der Waals surface area contributed by atoms with Crippen LogP contribution in [0.25, 0.3) is 0 Å². The van der Waals surface area contributed by atoms with Crippen molar-refractivity contribution in [3.05, 3.63) is 29.8 Å². The molecule has 0 aromatic heterocycles. The van der Waals surface area contributed by atoms with E-state index in [9.17, 15) is 8.78 Å². The van der Waals surface area contributed by atoms with Gasteiger partial charge in [-0.25, -0.2) is 0 Å². The standard InChI is InChI=1S/C15H21F2NO/c1-10(12-3-4-12)9-18-11(2)13-5-7-14(8-6-13)19-15(16)17/h5-8,10-12,15,18H,3-4,9H2,1-2H3. The minimum Gasteiger partial charge on any atom is -0.435 e. The molecule has 1 aromatic rings. The van der Waals surface area contributed by atoms with Gasteiger partial charge in [0.05, 0.1) is 0 Å². The zero-order chi connectivity index (χ0) is 13.8. The predicted octanol–water partition coefficient (Wildman–Crippen LogP) is 3.98. The first kappa shape index (κ1) is 14.3. The molecule has 2 atom stereocenters. The summed E-state index contributed by atoms with van der Waals surface area (Å²) >= 11 is 0. The average Bonchev–Trinajstić information content (AvgIpc) is 3.20. The highest BCUT2D eigenvalue weighted by atomic mass is 19.3. The molecule has 0 radical (unpaired) electrons. The van der Waals surface area contributed by atoms with Gasteiger partial charge in [-0.15, -0.1) is 0 Å². The second kappa shape index (κ2) is 6.33. The minimum absolute atomic E-state index is 0.206. The molecule has 1 N–H and O–H groups in total. The highest BCUT2D eigenvalue weighted by molar-refractivity contribution is 5.28. The number of benzene rings is 1. The van der Waals surface area contributed by atoms with Crippen LogP contribution in [-0.4, -0.2) is 13.2 Å². The van der Waals surface area contributed by atoms with Crippen LogP contribution in [-0.2, 0) is 0 Å². The Bertz CT molecular complexity index is 390. The van der Waals surface area contributed by atoms with Gasteiger partial charge in [-0.3, -0.25) is 0 Å². The van der Waals surface area contributed by atoms with E-state index in [1.807, 2.05) is 12.1 Å². The quantitative estimate of drug-likeness (QED) is 0.808. The highest BCUT2D eigenvalue weighted by Crippen LogP contribution is 2.36. The molecule has 0 spiro atoms. The molecular weight excluding hydrogens is 248 g/mol. The molecule has 1 aliphatic rings. The van der Waals surface area contributed by atoms with Crippen LogP contribution in [0.1, 0.15) is 38.3 Å². The number of rotatable bonds is 7. The average molecular weight is 269 g/mol. The van der Waals surface area contributed by atoms with E-state index in [-0.39, 0.29) is 11.8 Å². The molecule has 0 aliphatic heterocycles. The van der Waals surface area contributed by atoms with Crippen molar-refractivity contribution in [2.75, 3.05) is 6.54 Å². The van der Waals surface area contributed by atoms with Crippen LogP contribution < -0.4 is 10.1 Å². The Hall–Kier alpha value is -1.16. The Labute approximate surface area is 113 Å². The summed E-state index contributed by atoms with van der Waals surface area (Å²) < 4.78 is 28.4. The van der Waals surface area contributed by atoms with Crippen LogP contribution in [0.3, 0.4) is 0 Å². The smallest absolute Gasteiger partial charge is 0.387 e. The van der Waals surface area contributed by atoms with Crippen molar-refractivity contribution in [3.8, 4) is 5.75 Å². The maximum Gasteiger partial charge on any atom is 0.387 e. The van der Waals surface area contributed by atoms with Crippen molar-refractivity contribution >= 4 is 0 Å². The maximum atomic E-state index is 12.0. The van der Waals surface area contributed by atoms with Gasteiger partial charge in [-0.2, -0.15) is 8.78 Å². The molecule has 19 heavy (non-hydrogen) atoms. The van der Waals surface area contributed by atoms with Gasteiger partial charge in [0, 0.05) is 6.04 Å². The fourth-order valence-corrected chi connectivity index (χ4v) is 2.25. The number of nitrogens with one attached hydrogen (secondary N) is 1. The molecule has 0 saturated heterocycles. The van der Waals surface area contributed by atoms with E-state index in [0.717, 1.165) is 18.0 Å². The van der Waals surface area contributed by atoms with Crippen LogP contribution in [0.2, 0.25) is 0 Å². The molecule has 1 fully saturated rings. The first-order valence-electron chi connectivity index (χ1n) is 6.84. The second-order valence-corrected chi connectivity index (χ2v) is 5.39. The monoisotopic (exact) mass is 269 g/mol. The first-order chi connectivity index (χ1) is 9.06. The van der Waals surface area contributed by atoms with E-state index >= 15 is 0 Å². The lowest BCUT2D eigenvalue weighted by molar-refractivity contribution is -0.0498. The van der Waals surface area contributed by atoms with Gasteiger partial charge in [-0.05, 0) is 55.8 Å². The van der Waals surface area contributed by atoms with E-state index in [1.54, 1.807) is 12.1 Å². The Morgan fingerprint density at radius 1 is 1.21 bits per heavy atom. The molecule has 4 heteroatoms. The number of alkyl halides is 2. The summed E-state index contributed by atoms with van der Waals surface area (Å²) in [6.07, 6.45) is 2.72. The van der Waals surface area contributed by atoms with Gasteiger partial charge in [0.2, 0.25) is 0 Å². The fourth-order valence-electron chi connectivity index (χ4n) is 2.25. The molecule has 1 aromatic carbocycles. The van der Waals surface area contributed by atoms with Crippen LogP contribution in [0.5, 0.6) is 5.75 Å². The van der Waals surface area contributed by atoms with Crippen molar-refractivity contribution in [2.24, 2.45) is 11.8 Å². The summed E-state index contributed by atoms with van der Waals surface area (Å²) in [6.45, 7) is 2.60. The van der Waals surface area contributed by atoms with E-state index < -0.39 is 6.61 Å². The van der Waals surface area contributed by atoms with Gasteiger partial charge < -0.3 is 10.1 Å². The Kier molecular flexibility index (Phi) is 4.75. The van der Waals surface area contributed by atoms with Crippen LogP contribution in [0, 0.1) is 11.8 Å². The molecular formula is C15H21F2NO. The summed E-state index contributed by atoms with van der Waals surface area (Å²) in [5, 5.41) is 3.49. The topological polar surface area (TPSA) is 21.3 Å². The van der Waals surface area contributed by atoms with Crippen molar-refractivity contribution in [1.29, 1.82) is 0 Å². The molecule has 2 unspecified atom stereocenters. The van der Waals surface area contributed by atoms with Gasteiger partial charge in [0.15, 0.2) is 0 Å². The zero-order valence-electron chi connectivity index (χ0n) is 11.4. The minimum atomic E-state index is -2.76. The predicted molar refractivity (Wildman–Crippen MR) is 71.4 cm³/mol. The third-order valence-corrected chi connectivity index (χ3v) is 3.78. The first-order valence-corrected chi connectivity index (χ1v) is 6.84. The summed E-state index contributed by atoms with van der Waals surface area (Å²) in [6, 6.07) is 7.06. The molecule has 1 saturated carbocycles. The van der Waals surface area contributed by atoms with Gasteiger partial charge >= 0.3 is 6.61 Å².